The average molecular weight is 354 g/mol. The van der Waals surface area contributed by atoms with Crippen LogP contribution in [-0.4, -0.2) is 60.7 Å². The van der Waals surface area contributed by atoms with Gasteiger partial charge in [-0.25, -0.2) is 8.42 Å². The molecule has 24 heavy (non-hydrogen) atoms. The fourth-order valence-corrected chi connectivity index (χ4v) is 4.71. The normalized spacial score (nSPS) is 17.5. The van der Waals surface area contributed by atoms with Crippen LogP contribution in [0.4, 0.5) is 11.4 Å². The molecule has 0 atom stereocenters. The molecule has 0 amide bonds. The van der Waals surface area contributed by atoms with Crippen LogP contribution in [0.5, 0.6) is 0 Å². The van der Waals surface area contributed by atoms with Crippen molar-refractivity contribution in [2.24, 2.45) is 0 Å². The van der Waals surface area contributed by atoms with E-state index in [9.17, 15) is 8.42 Å². The molecule has 0 radical (unpaired) electrons. The maximum Gasteiger partial charge on any atom is 0.237 e. The number of methoxy groups -OCH3 is 1. The highest BCUT2D eigenvalue weighted by atomic mass is 32.2. The summed E-state index contributed by atoms with van der Waals surface area (Å²) in [6.45, 7) is 3.73. The molecule has 6 nitrogen and oxygen atoms in total. The number of fused-ring (bicyclic) bond motifs is 1. The van der Waals surface area contributed by atoms with Crippen LogP contribution < -0.4 is 9.21 Å². The minimum atomic E-state index is -3.35. The van der Waals surface area contributed by atoms with E-state index in [0.29, 0.717) is 19.8 Å². The van der Waals surface area contributed by atoms with Gasteiger partial charge in [-0.15, -0.1) is 0 Å². The minimum Gasteiger partial charge on any atom is -0.382 e. The van der Waals surface area contributed by atoms with Gasteiger partial charge in [-0.05, 0) is 37.0 Å². The number of anilines is 2. The first-order chi connectivity index (χ1) is 11.6. The van der Waals surface area contributed by atoms with E-state index in [1.54, 1.807) is 11.4 Å². The van der Waals surface area contributed by atoms with Gasteiger partial charge in [0, 0.05) is 32.4 Å². The van der Waals surface area contributed by atoms with Crippen LogP contribution in [0.2, 0.25) is 0 Å². The summed E-state index contributed by atoms with van der Waals surface area (Å²) in [6.07, 6.45) is 3.19. The molecule has 134 valence electrons. The van der Waals surface area contributed by atoms with Gasteiger partial charge in [0.25, 0.3) is 0 Å². The van der Waals surface area contributed by atoms with Gasteiger partial charge in [-0.2, -0.15) is 0 Å². The van der Waals surface area contributed by atoms with Gasteiger partial charge < -0.3 is 14.4 Å². The molecular formula is C17H26N2O4S. The van der Waals surface area contributed by atoms with Crippen LogP contribution in [0.25, 0.3) is 0 Å². The Hall–Kier alpha value is -1.31. The molecule has 0 aromatic heterocycles. The Kier molecular flexibility index (Phi) is 5.63. The second-order valence-electron chi connectivity index (χ2n) is 6.25. The van der Waals surface area contributed by atoms with E-state index in [2.05, 4.69) is 17.0 Å². The molecule has 0 saturated carbocycles. The summed E-state index contributed by atoms with van der Waals surface area (Å²) < 4.78 is 37.1. The molecule has 1 aromatic carbocycles. The molecular weight excluding hydrogens is 328 g/mol. The second kappa shape index (κ2) is 7.72. The fraction of sp³-hybridized carbons (Fsp3) is 0.647. The molecule has 3 rings (SSSR count). The first-order valence-electron chi connectivity index (χ1n) is 8.57. The molecule has 1 saturated heterocycles. The quantitative estimate of drug-likeness (QED) is 0.664. The van der Waals surface area contributed by atoms with Crippen LogP contribution >= 0.6 is 0 Å². The Morgan fingerprint density at radius 3 is 2.62 bits per heavy atom. The van der Waals surface area contributed by atoms with Crippen LogP contribution in [0.15, 0.2) is 18.2 Å². The maximum absolute atomic E-state index is 12.7. The Labute approximate surface area is 144 Å². The zero-order valence-corrected chi connectivity index (χ0v) is 15.1. The summed E-state index contributed by atoms with van der Waals surface area (Å²) in [5, 5.41) is 0. The van der Waals surface area contributed by atoms with Crippen molar-refractivity contribution in [3.05, 3.63) is 23.8 Å². The van der Waals surface area contributed by atoms with Crippen molar-refractivity contribution in [3.8, 4) is 0 Å². The number of ether oxygens (including phenoxy) is 2. The van der Waals surface area contributed by atoms with Gasteiger partial charge in [-0.3, -0.25) is 4.31 Å². The maximum atomic E-state index is 12.7. The fourth-order valence-electron chi connectivity index (χ4n) is 3.32. The van der Waals surface area contributed by atoms with E-state index >= 15 is 0 Å². The lowest BCUT2D eigenvalue weighted by atomic mass is 10.1. The number of sulfonamides is 1. The first-order valence-corrected chi connectivity index (χ1v) is 10.2. The molecule has 0 bridgehead atoms. The molecule has 0 N–H and O–H groups in total. The predicted molar refractivity (Wildman–Crippen MR) is 95.4 cm³/mol. The van der Waals surface area contributed by atoms with Gasteiger partial charge >= 0.3 is 0 Å². The van der Waals surface area contributed by atoms with Crippen molar-refractivity contribution < 1.29 is 17.9 Å². The van der Waals surface area contributed by atoms with E-state index in [0.717, 1.165) is 36.4 Å². The monoisotopic (exact) mass is 354 g/mol. The summed E-state index contributed by atoms with van der Waals surface area (Å²) >= 11 is 0. The van der Waals surface area contributed by atoms with Crippen LogP contribution in [0, 0.1) is 0 Å². The van der Waals surface area contributed by atoms with E-state index in [1.165, 1.54) is 12.8 Å². The number of hydrogen-bond donors (Lipinski definition) is 0. The van der Waals surface area contributed by atoms with Crippen LogP contribution in [0.3, 0.4) is 0 Å². The molecule has 1 fully saturated rings. The SMILES string of the molecule is COCCOCCS(=O)(=O)N1CCc2ccc(N3CCCC3)cc21. The Morgan fingerprint density at radius 2 is 1.88 bits per heavy atom. The molecule has 2 aliphatic rings. The van der Waals surface area contributed by atoms with Crippen molar-refractivity contribution in [2.75, 3.05) is 61.5 Å². The number of nitrogens with zero attached hydrogens (tertiary/aromatic N) is 2. The zero-order chi connectivity index (χ0) is 17.0. The zero-order valence-electron chi connectivity index (χ0n) is 14.2. The number of benzene rings is 1. The number of hydrogen-bond acceptors (Lipinski definition) is 5. The summed E-state index contributed by atoms with van der Waals surface area (Å²) in [5.74, 6) is 0.00406. The summed E-state index contributed by atoms with van der Waals surface area (Å²) in [6, 6.07) is 6.23. The van der Waals surface area contributed by atoms with Gasteiger partial charge in [-0.1, -0.05) is 6.07 Å². The topological polar surface area (TPSA) is 59.1 Å². The Balaban J connectivity index is 1.69. The van der Waals surface area contributed by atoms with E-state index < -0.39 is 10.0 Å². The van der Waals surface area contributed by atoms with Crippen LogP contribution in [0.1, 0.15) is 18.4 Å². The van der Waals surface area contributed by atoms with Crippen LogP contribution in [-0.2, 0) is 25.9 Å². The minimum absolute atomic E-state index is 0.00406. The van der Waals surface area contributed by atoms with Crippen molar-refractivity contribution >= 4 is 21.4 Å². The van der Waals surface area contributed by atoms with Crippen molar-refractivity contribution in [3.63, 3.8) is 0 Å². The lowest BCUT2D eigenvalue weighted by Crippen LogP contribution is -2.33. The molecule has 7 heteroatoms. The van der Waals surface area contributed by atoms with E-state index in [-0.39, 0.29) is 12.4 Å². The van der Waals surface area contributed by atoms with Crippen molar-refractivity contribution in [1.82, 2.24) is 0 Å². The second-order valence-corrected chi connectivity index (χ2v) is 8.26. The molecule has 0 aliphatic carbocycles. The third-order valence-corrected chi connectivity index (χ3v) is 6.38. The summed E-state index contributed by atoms with van der Waals surface area (Å²) in [4.78, 5) is 2.33. The number of rotatable bonds is 8. The molecule has 1 aromatic rings. The highest BCUT2D eigenvalue weighted by Gasteiger charge is 2.30. The first kappa shape index (κ1) is 17.5. The van der Waals surface area contributed by atoms with Crippen molar-refractivity contribution in [1.29, 1.82) is 0 Å². The summed E-state index contributed by atoms with van der Waals surface area (Å²) in [7, 11) is -1.76. The van der Waals surface area contributed by atoms with Gasteiger partial charge in [0.05, 0.1) is 31.3 Å². The smallest absolute Gasteiger partial charge is 0.237 e. The third-order valence-electron chi connectivity index (χ3n) is 4.65. The van der Waals surface area contributed by atoms with Gasteiger partial charge in [0.1, 0.15) is 0 Å². The van der Waals surface area contributed by atoms with Crippen molar-refractivity contribution in [2.45, 2.75) is 19.3 Å². The standard InChI is InChI=1S/C17H26N2O4S/c1-22-10-11-23-12-13-24(20,21)19-9-6-15-4-5-16(14-17(15)19)18-7-2-3-8-18/h4-5,14H,2-3,6-13H2,1H3. The lowest BCUT2D eigenvalue weighted by molar-refractivity contribution is 0.0785. The van der Waals surface area contributed by atoms with E-state index in [4.69, 9.17) is 9.47 Å². The molecule has 2 heterocycles. The van der Waals surface area contributed by atoms with Gasteiger partial charge in [0.2, 0.25) is 10.0 Å². The Bertz CT molecular complexity index is 657. The predicted octanol–water partition coefficient (Wildman–Crippen LogP) is 1.64. The molecule has 0 unspecified atom stereocenters. The third kappa shape index (κ3) is 3.84. The molecule has 2 aliphatic heterocycles. The van der Waals surface area contributed by atoms with E-state index in [1.807, 2.05) is 6.07 Å². The highest BCUT2D eigenvalue weighted by Crippen LogP contribution is 2.35. The van der Waals surface area contributed by atoms with Gasteiger partial charge in [0.15, 0.2) is 0 Å². The summed E-state index contributed by atoms with van der Waals surface area (Å²) in [5.41, 5.74) is 3.09. The average Bonchev–Trinajstić information content (AvgIpc) is 3.23. The lowest BCUT2D eigenvalue weighted by Gasteiger charge is -2.23. The highest BCUT2D eigenvalue weighted by molar-refractivity contribution is 7.92. The molecule has 0 spiro atoms. The largest absolute Gasteiger partial charge is 0.382 e. The Morgan fingerprint density at radius 1 is 1.08 bits per heavy atom.